The van der Waals surface area contributed by atoms with Crippen molar-refractivity contribution in [3.8, 4) is 11.5 Å². The second-order valence-electron chi connectivity index (χ2n) is 6.27. The minimum Gasteiger partial charge on any atom is -0.486 e. The van der Waals surface area contributed by atoms with Crippen molar-refractivity contribution in [3.63, 3.8) is 0 Å². The zero-order chi connectivity index (χ0) is 19.2. The molecule has 0 spiro atoms. The first-order chi connectivity index (χ1) is 13.0. The highest BCUT2D eigenvalue weighted by Crippen LogP contribution is 2.34. The predicted molar refractivity (Wildman–Crippen MR) is 103 cm³/mol. The third kappa shape index (κ3) is 5.21. The van der Waals surface area contributed by atoms with E-state index < -0.39 is 5.97 Å². The lowest BCUT2D eigenvalue weighted by atomic mass is 10.2. The molecule has 27 heavy (non-hydrogen) atoms. The summed E-state index contributed by atoms with van der Waals surface area (Å²) in [6, 6.07) is 9.41. The van der Waals surface area contributed by atoms with Crippen LogP contribution >= 0.6 is 11.3 Å². The summed E-state index contributed by atoms with van der Waals surface area (Å²) in [5, 5.41) is 10.8. The Labute approximate surface area is 161 Å². The molecule has 1 aliphatic rings. The van der Waals surface area contributed by atoms with Gasteiger partial charge in [0.2, 0.25) is 5.91 Å². The number of anilines is 1. The molecule has 0 bridgehead atoms. The van der Waals surface area contributed by atoms with E-state index in [1.807, 2.05) is 35.7 Å². The Hall–Kier alpha value is -2.58. The number of thiophene rings is 1. The van der Waals surface area contributed by atoms with Crippen molar-refractivity contribution in [2.24, 2.45) is 0 Å². The molecule has 0 fully saturated rings. The molecule has 0 atom stereocenters. The van der Waals surface area contributed by atoms with Gasteiger partial charge in [-0.2, -0.15) is 0 Å². The summed E-state index contributed by atoms with van der Waals surface area (Å²) in [6.45, 7) is 1.89. The third-order valence-electron chi connectivity index (χ3n) is 4.15. The molecule has 0 unspecified atom stereocenters. The van der Waals surface area contributed by atoms with Crippen LogP contribution in [0.2, 0.25) is 0 Å². The maximum atomic E-state index is 13.0. The van der Waals surface area contributed by atoms with Gasteiger partial charge in [-0.1, -0.05) is 6.07 Å². The largest absolute Gasteiger partial charge is 0.486 e. The van der Waals surface area contributed by atoms with Crippen LogP contribution in [0.4, 0.5) is 5.69 Å². The first kappa shape index (κ1) is 19.2. The molecule has 0 saturated carbocycles. The number of carboxylic acid groups (broad SMARTS) is 1. The van der Waals surface area contributed by atoms with E-state index in [0.717, 1.165) is 10.6 Å². The van der Waals surface area contributed by atoms with Gasteiger partial charge in [0.25, 0.3) is 0 Å². The second-order valence-corrected chi connectivity index (χ2v) is 7.30. The van der Waals surface area contributed by atoms with Crippen LogP contribution in [0.1, 0.15) is 11.3 Å². The molecule has 1 aromatic heterocycles. The highest BCUT2D eigenvalue weighted by molar-refractivity contribution is 7.09. The molecule has 2 heterocycles. The molecule has 144 valence electrons. The van der Waals surface area contributed by atoms with Crippen LogP contribution in [-0.2, 0) is 16.1 Å². The molecule has 1 amide bonds. The summed E-state index contributed by atoms with van der Waals surface area (Å²) in [6.07, 6.45) is -0.00126. The summed E-state index contributed by atoms with van der Waals surface area (Å²) < 4.78 is 11.2. The Balaban J connectivity index is 1.78. The van der Waals surface area contributed by atoms with Gasteiger partial charge in [-0.15, -0.1) is 11.3 Å². The van der Waals surface area contributed by atoms with E-state index in [-0.39, 0.29) is 18.9 Å². The molecule has 1 aromatic carbocycles. The quantitative estimate of drug-likeness (QED) is 0.746. The summed E-state index contributed by atoms with van der Waals surface area (Å²) in [5.74, 6) is 0.318. The van der Waals surface area contributed by atoms with Gasteiger partial charge in [-0.3, -0.25) is 14.5 Å². The van der Waals surface area contributed by atoms with Gasteiger partial charge in [-0.05, 0) is 30.6 Å². The Bertz CT molecular complexity index is 793. The first-order valence-electron chi connectivity index (χ1n) is 8.65. The van der Waals surface area contributed by atoms with Crippen molar-refractivity contribution in [1.29, 1.82) is 0 Å². The summed E-state index contributed by atoms with van der Waals surface area (Å²) in [7, 11) is 1.74. The third-order valence-corrected chi connectivity index (χ3v) is 5.01. The molecule has 0 aliphatic carbocycles. The summed E-state index contributed by atoms with van der Waals surface area (Å²) in [5.41, 5.74) is 0.726. The van der Waals surface area contributed by atoms with Gasteiger partial charge < -0.3 is 19.5 Å². The smallest absolute Gasteiger partial charge is 0.304 e. The Morgan fingerprint density at radius 3 is 2.67 bits per heavy atom. The molecule has 0 radical (unpaired) electrons. The minimum atomic E-state index is -0.878. The number of rotatable bonds is 8. The number of aliphatic carboxylic acids is 1. The average molecular weight is 390 g/mol. The van der Waals surface area contributed by atoms with Crippen LogP contribution in [0.15, 0.2) is 35.7 Å². The molecular weight excluding hydrogens is 368 g/mol. The minimum absolute atomic E-state index is 0.00126. The number of carbonyl (C=O) groups excluding carboxylic acids is 1. The van der Waals surface area contributed by atoms with E-state index in [0.29, 0.717) is 37.8 Å². The number of carbonyl (C=O) groups is 2. The van der Waals surface area contributed by atoms with Crippen LogP contribution < -0.4 is 14.4 Å². The van der Waals surface area contributed by atoms with Gasteiger partial charge in [0.15, 0.2) is 11.5 Å². The predicted octanol–water partition coefficient (Wildman–Crippen LogP) is 2.46. The summed E-state index contributed by atoms with van der Waals surface area (Å²) >= 11 is 1.58. The van der Waals surface area contributed by atoms with Crippen molar-refractivity contribution < 1.29 is 24.2 Å². The second kappa shape index (κ2) is 8.88. The Morgan fingerprint density at radius 1 is 1.19 bits per heavy atom. The van der Waals surface area contributed by atoms with Crippen LogP contribution in [0, 0.1) is 0 Å². The molecular formula is C19H22N2O5S. The number of amides is 1. The molecule has 1 N–H and O–H groups in total. The Morgan fingerprint density at radius 2 is 1.96 bits per heavy atom. The number of fused-ring (bicyclic) bond motifs is 1. The fourth-order valence-corrected chi connectivity index (χ4v) is 3.46. The number of benzene rings is 1. The van der Waals surface area contributed by atoms with E-state index in [1.165, 1.54) is 0 Å². The zero-order valence-electron chi connectivity index (χ0n) is 15.1. The number of nitrogens with zero attached hydrogens (tertiary/aromatic N) is 2. The van der Waals surface area contributed by atoms with E-state index in [1.54, 1.807) is 28.2 Å². The maximum Gasteiger partial charge on any atom is 0.304 e. The van der Waals surface area contributed by atoms with E-state index in [2.05, 4.69) is 0 Å². The lowest BCUT2D eigenvalue weighted by Crippen LogP contribution is -2.39. The fourth-order valence-electron chi connectivity index (χ4n) is 2.76. The monoisotopic (exact) mass is 390 g/mol. The van der Waals surface area contributed by atoms with Gasteiger partial charge >= 0.3 is 5.97 Å². The van der Waals surface area contributed by atoms with Gasteiger partial charge in [0.1, 0.15) is 13.2 Å². The van der Waals surface area contributed by atoms with Crippen molar-refractivity contribution in [1.82, 2.24) is 4.90 Å². The number of carboxylic acids is 1. The van der Waals surface area contributed by atoms with Crippen molar-refractivity contribution in [2.75, 3.05) is 38.3 Å². The highest BCUT2D eigenvalue weighted by atomic mass is 32.1. The van der Waals surface area contributed by atoms with Crippen molar-refractivity contribution in [2.45, 2.75) is 13.0 Å². The van der Waals surface area contributed by atoms with Crippen LogP contribution in [0.3, 0.4) is 0 Å². The highest BCUT2D eigenvalue weighted by Gasteiger charge is 2.21. The van der Waals surface area contributed by atoms with Crippen LogP contribution in [0.25, 0.3) is 0 Å². The molecule has 7 nitrogen and oxygen atoms in total. The average Bonchev–Trinajstić information content (AvgIpc) is 3.17. The maximum absolute atomic E-state index is 13.0. The van der Waals surface area contributed by atoms with Gasteiger partial charge in [-0.25, -0.2) is 0 Å². The number of ether oxygens (including phenoxy) is 2. The molecule has 0 saturated heterocycles. The SMILES string of the molecule is CN(CCC(=O)O)CC(=O)N(Cc1cccs1)c1ccc2c(c1)OCCO2. The van der Waals surface area contributed by atoms with E-state index in [9.17, 15) is 9.59 Å². The van der Waals surface area contributed by atoms with Crippen molar-refractivity contribution in [3.05, 3.63) is 40.6 Å². The standard InChI is InChI=1S/C19H22N2O5S/c1-20(7-6-19(23)24)13-18(22)21(12-15-3-2-10-27-15)14-4-5-16-17(11-14)26-9-8-25-16/h2-5,10-11H,6-9,12-13H2,1H3,(H,23,24). The topological polar surface area (TPSA) is 79.3 Å². The lowest BCUT2D eigenvalue weighted by molar-refractivity contribution is -0.137. The normalized spacial score (nSPS) is 12.8. The number of likely N-dealkylation sites (N-methyl/N-ethyl adjacent to an activating group) is 1. The number of hydrogen-bond acceptors (Lipinski definition) is 6. The fraction of sp³-hybridized carbons (Fsp3) is 0.368. The molecule has 8 heteroatoms. The van der Waals surface area contributed by atoms with Gasteiger partial charge in [0, 0.05) is 23.2 Å². The van der Waals surface area contributed by atoms with Crippen molar-refractivity contribution >= 4 is 28.9 Å². The van der Waals surface area contributed by atoms with Gasteiger partial charge in [0.05, 0.1) is 19.5 Å². The van der Waals surface area contributed by atoms with E-state index >= 15 is 0 Å². The zero-order valence-corrected chi connectivity index (χ0v) is 15.9. The van der Waals surface area contributed by atoms with Crippen LogP contribution in [0.5, 0.6) is 11.5 Å². The molecule has 1 aliphatic heterocycles. The molecule has 3 rings (SSSR count). The Kier molecular flexibility index (Phi) is 6.31. The first-order valence-corrected chi connectivity index (χ1v) is 9.53. The summed E-state index contributed by atoms with van der Waals surface area (Å²) in [4.78, 5) is 28.2. The van der Waals surface area contributed by atoms with E-state index in [4.69, 9.17) is 14.6 Å². The molecule has 2 aromatic rings. The lowest BCUT2D eigenvalue weighted by Gasteiger charge is -2.27. The number of hydrogen-bond donors (Lipinski definition) is 1. The van der Waals surface area contributed by atoms with Crippen LogP contribution in [-0.4, -0.2) is 55.2 Å².